The van der Waals surface area contributed by atoms with Crippen LogP contribution >= 0.6 is 0 Å². The van der Waals surface area contributed by atoms with E-state index in [1.54, 1.807) is 14.0 Å². The molecule has 1 aromatic rings. The summed E-state index contributed by atoms with van der Waals surface area (Å²) < 4.78 is 10.9. The average molecular weight is 236 g/mol. The number of hydrogen-bond donors (Lipinski definition) is 1. The molecule has 1 aromatic carbocycles. The van der Waals surface area contributed by atoms with Crippen LogP contribution in [0.1, 0.15) is 37.9 Å². The minimum Gasteiger partial charge on any atom is -0.497 e. The zero-order valence-electron chi connectivity index (χ0n) is 10.5. The molecule has 3 heteroatoms. The Bertz CT molecular complexity index is 370. The van der Waals surface area contributed by atoms with E-state index in [1.165, 1.54) is 12.8 Å². The van der Waals surface area contributed by atoms with Crippen molar-refractivity contribution >= 4 is 0 Å². The molecule has 0 amide bonds. The van der Waals surface area contributed by atoms with Crippen LogP contribution in [0.2, 0.25) is 0 Å². The molecule has 0 radical (unpaired) electrons. The van der Waals surface area contributed by atoms with Crippen LogP contribution in [-0.4, -0.2) is 18.8 Å². The molecule has 1 atom stereocenters. The van der Waals surface area contributed by atoms with Crippen molar-refractivity contribution in [2.45, 2.75) is 32.3 Å². The molecule has 0 unspecified atom stereocenters. The molecular weight excluding hydrogens is 216 g/mol. The Morgan fingerprint density at radius 1 is 1.41 bits per heavy atom. The van der Waals surface area contributed by atoms with Gasteiger partial charge in [-0.25, -0.2) is 0 Å². The van der Waals surface area contributed by atoms with E-state index in [1.807, 2.05) is 18.2 Å². The number of aliphatic hydroxyl groups excluding tert-OH is 1. The highest BCUT2D eigenvalue weighted by molar-refractivity contribution is 5.41. The molecule has 17 heavy (non-hydrogen) atoms. The van der Waals surface area contributed by atoms with Crippen molar-refractivity contribution in [1.29, 1.82) is 0 Å². The quantitative estimate of drug-likeness (QED) is 0.825. The second kappa shape index (κ2) is 5.41. The Hall–Kier alpha value is -1.22. The monoisotopic (exact) mass is 236 g/mol. The maximum absolute atomic E-state index is 9.67. The van der Waals surface area contributed by atoms with E-state index in [0.29, 0.717) is 0 Å². The minimum atomic E-state index is -0.517. The molecule has 1 saturated carbocycles. The first kappa shape index (κ1) is 12.2. The third-order valence-corrected chi connectivity index (χ3v) is 3.15. The molecule has 0 heterocycles. The number of aliphatic hydroxyl groups is 1. The molecule has 0 aromatic heterocycles. The molecular formula is C14H20O3. The molecule has 0 saturated heterocycles. The van der Waals surface area contributed by atoms with Crippen molar-refractivity contribution in [1.82, 2.24) is 0 Å². The van der Waals surface area contributed by atoms with Gasteiger partial charge >= 0.3 is 0 Å². The second-order valence-electron chi connectivity index (χ2n) is 4.66. The van der Waals surface area contributed by atoms with Crippen LogP contribution in [0.4, 0.5) is 0 Å². The molecule has 2 rings (SSSR count). The Morgan fingerprint density at radius 3 is 2.76 bits per heavy atom. The van der Waals surface area contributed by atoms with Crippen molar-refractivity contribution in [3.05, 3.63) is 23.8 Å². The average Bonchev–Trinajstić information content (AvgIpc) is 3.12. The lowest BCUT2D eigenvalue weighted by Gasteiger charge is -2.14. The number of hydrogen-bond acceptors (Lipinski definition) is 3. The first-order chi connectivity index (χ1) is 8.20. The predicted molar refractivity (Wildman–Crippen MR) is 66.5 cm³/mol. The number of methoxy groups -OCH3 is 1. The zero-order chi connectivity index (χ0) is 12.3. The lowest BCUT2D eigenvalue weighted by molar-refractivity contribution is 0.190. The molecule has 0 bridgehead atoms. The summed E-state index contributed by atoms with van der Waals surface area (Å²) in [6, 6.07) is 5.54. The van der Waals surface area contributed by atoms with Crippen molar-refractivity contribution in [3.63, 3.8) is 0 Å². The maximum atomic E-state index is 9.67. The summed E-state index contributed by atoms with van der Waals surface area (Å²) >= 11 is 0. The van der Waals surface area contributed by atoms with Crippen LogP contribution in [0.5, 0.6) is 11.5 Å². The van der Waals surface area contributed by atoms with Gasteiger partial charge in [0.1, 0.15) is 11.5 Å². The molecule has 1 aliphatic carbocycles. The minimum absolute atomic E-state index is 0.517. The van der Waals surface area contributed by atoms with Gasteiger partial charge in [0.25, 0.3) is 0 Å². The fourth-order valence-corrected chi connectivity index (χ4v) is 1.85. The highest BCUT2D eigenvalue weighted by Crippen LogP contribution is 2.34. The topological polar surface area (TPSA) is 38.7 Å². The Morgan fingerprint density at radius 2 is 2.18 bits per heavy atom. The van der Waals surface area contributed by atoms with Crippen molar-refractivity contribution in [2.75, 3.05) is 13.7 Å². The highest BCUT2D eigenvalue weighted by Gasteiger charge is 2.21. The van der Waals surface area contributed by atoms with Crippen LogP contribution in [0.25, 0.3) is 0 Å². The summed E-state index contributed by atoms with van der Waals surface area (Å²) in [6.07, 6.45) is 3.27. The van der Waals surface area contributed by atoms with Crippen LogP contribution < -0.4 is 9.47 Å². The first-order valence-corrected chi connectivity index (χ1v) is 6.19. The fraction of sp³-hybridized carbons (Fsp3) is 0.571. The van der Waals surface area contributed by atoms with E-state index in [0.717, 1.165) is 36.0 Å². The lowest BCUT2D eigenvalue weighted by atomic mass is 10.1. The molecule has 1 aliphatic rings. The van der Waals surface area contributed by atoms with Gasteiger partial charge in [-0.15, -0.1) is 0 Å². The van der Waals surface area contributed by atoms with Gasteiger partial charge in [-0.05, 0) is 31.4 Å². The number of benzene rings is 1. The largest absolute Gasteiger partial charge is 0.497 e. The maximum Gasteiger partial charge on any atom is 0.128 e. The normalized spacial score (nSPS) is 16.6. The summed E-state index contributed by atoms with van der Waals surface area (Å²) in [4.78, 5) is 0. The van der Waals surface area contributed by atoms with Gasteiger partial charge in [0.15, 0.2) is 0 Å². The number of ether oxygens (including phenoxy) is 2. The van der Waals surface area contributed by atoms with Crippen LogP contribution in [-0.2, 0) is 0 Å². The number of rotatable bonds is 6. The highest BCUT2D eigenvalue weighted by atomic mass is 16.5. The summed E-state index contributed by atoms with van der Waals surface area (Å²) in [5.74, 6) is 2.35. The Balaban J connectivity index is 2.03. The predicted octanol–water partition coefficient (Wildman–Crippen LogP) is 2.93. The molecule has 0 aliphatic heterocycles. The van der Waals surface area contributed by atoms with Gasteiger partial charge in [-0.3, -0.25) is 0 Å². The molecule has 0 spiro atoms. The summed E-state index contributed by atoms with van der Waals surface area (Å²) in [5.41, 5.74) is 0.821. The summed E-state index contributed by atoms with van der Waals surface area (Å²) in [5, 5.41) is 9.67. The Labute approximate surface area is 102 Å². The van der Waals surface area contributed by atoms with Crippen molar-refractivity contribution in [3.8, 4) is 11.5 Å². The van der Waals surface area contributed by atoms with Gasteiger partial charge in [0, 0.05) is 11.6 Å². The van der Waals surface area contributed by atoms with E-state index in [2.05, 4.69) is 0 Å². The van der Waals surface area contributed by atoms with Crippen LogP contribution in [0.3, 0.4) is 0 Å². The lowest BCUT2D eigenvalue weighted by Crippen LogP contribution is -2.03. The van der Waals surface area contributed by atoms with E-state index in [-0.39, 0.29) is 0 Å². The second-order valence-corrected chi connectivity index (χ2v) is 4.66. The molecule has 1 N–H and O–H groups in total. The van der Waals surface area contributed by atoms with Crippen LogP contribution in [0.15, 0.2) is 18.2 Å². The van der Waals surface area contributed by atoms with E-state index in [9.17, 15) is 5.11 Å². The van der Waals surface area contributed by atoms with Gasteiger partial charge in [0.2, 0.25) is 0 Å². The SMILES string of the molecule is COc1ccc([C@H](C)O)c(OCCC2CC2)c1. The molecule has 1 fully saturated rings. The molecule has 94 valence electrons. The van der Waals surface area contributed by atoms with Gasteiger partial charge in [-0.1, -0.05) is 12.8 Å². The van der Waals surface area contributed by atoms with Gasteiger partial charge in [-0.2, -0.15) is 0 Å². The first-order valence-electron chi connectivity index (χ1n) is 6.19. The van der Waals surface area contributed by atoms with Crippen molar-refractivity contribution < 1.29 is 14.6 Å². The van der Waals surface area contributed by atoms with Gasteiger partial charge < -0.3 is 14.6 Å². The summed E-state index contributed by atoms with van der Waals surface area (Å²) in [7, 11) is 1.63. The van der Waals surface area contributed by atoms with E-state index < -0.39 is 6.10 Å². The van der Waals surface area contributed by atoms with Crippen LogP contribution in [0, 0.1) is 5.92 Å². The zero-order valence-corrected chi connectivity index (χ0v) is 10.5. The van der Waals surface area contributed by atoms with Crippen molar-refractivity contribution in [2.24, 2.45) is 5.92 Å². The summed E-state index contributed by atoms with van der Waals surface area (Å²) in [6.45, 7) is 2.47. The molecule has 3 nitrogen and oxygen atoms in total. The third-order valence-electron chi connectivity index (χ3n) is 3.15. The standard InChI is InChI=1S/C14H20O3/c1-10(15)13-6-5-12(16-2)9-14(13)17-8-7-11-3-4-11/h5-6,9-11,15H,3-4,7-8H2,1-2H3/t10-/m0/s1. The van der Waals surface area contributed by atoms with E-state index >= 15 is 0 Å². The third kappa shape index (κ3) is 3.37. The van der Waals surface area contributed by atoms with Gasteiger partial charge in [0.05, 0.1) is 19.8 Å². The Kier molecular flexibility index (Phi) is 3.89. The fourth-order valence-electron chi connectivity index (χ4n) is 1.85. The smallest absolute Gasteiger partial charge is 0.128 e. The van der Waals surface area contributed by atoms with E-state index in [4.69, 9.17) is 9.47 Å².